The molecule has 6 heteroatoms. The number of nitrogens with one attached hydrogen (secondary N) is 1. The van der Waals surface area contributed by atoms with E-state index in [0.29, 0.717) is 5.02 Å². The number of carboxylic acid groups (broad SMARTS) is 1. The van der Waals surface area contributed by atoms with E-state index in [0.717, 1.165) is 0 Å². The van der Waals surface area contributed by atoms with Gasteiger partial charge >= 0.3 is 5.97 Å². The molecule has 0 aliphatic heterocycles. The Bertz CT molecular complexity index is 474. The molecule has 1 rings (SSSR count). The van der Waals surface area contributed by atoms with Crippen molar-refractivity contribution in [2.45, 2.75) is 19.9 Å². The van der Waals surface area contributed by atoms with Crippen molar-refractivity contribution in [3.63, 3.8) is 0 Å². The molecule has 18 heavy (non-hydrogen) atoms. The summed E-state index contributed by atoms with van der Waals surface area (Å²) < 4.78 is 0. The average Bonchev–Trinajstić information content (AvgIpc) is 2.29. The Hall–Kier alpha value is -1.59. The normalized spacial score (nSPS) is 12.3. The van der Waals surface area contributed by atoms with Crippen LogP contribution in [0.2, 0.25) is 5.02 Å². The third kappa shape index (κ3) is 3.45. The number of benzene rings is 1. The molecule has 1 aromatic rings. The Kier molecular flexibility index (Phi) is 4.69. The Labute approximate surface area is 110 Å². The van der Waals surface area contributed by atoms with Crippen LogP contribution in [0.25, 0.3) is 0 Å². The molecule has 5 nitrogen and oxygen atoms in total. The lowest BCUT2D eigenvalue weighted by atomic mass is 10.0. The highest BCUT2D eigenvalue weighted by molar-refractivity contribution is 6.31. The lowest BCUT2D eigenvalue weighted by Gasteiger charge is -2.16. The summed E-state index contributed by atoms with van der Waals surface area (Å²) in [5.41, 5.74) is 5.80. The first-order valence-corrected chi connectivity index (χ1v) is 5.80. The van der Waals surface area contributed by atoms with E-state index < -0.39 is 17.9 Å². The standard InChI is InChI=1S/C12H15ClN2O3/c1-6(2)10(14)11(16)15-9-4-3-7(13)5-8(9)12(17)18/h3-6,10H,14H2,1-2H3,(H,15,16)(H,17,18)/t10-/m0/s1. The van der Waals surface area contributed by atoms with Crippen molar-refractivity contribution in [1.29, 1.82) is 0 Å². The molecule has 0 spiro atoms. The minimum absolute atomic E-state index is 0.0365. The van der Waals surface area contributed by atoms with Gasteiger partial charge in [-0.2, -0.15) is 0 Å². The molecule has 0 bridgehead atoms. The first-order valence-electron chi connectivity index (χ1n) is 5.42. The molecule has 0 saturated heterocycles. The second-order valence-electron chi connectivity index (χ2n) is 4.25. The summed E-state index contributed by atoms with van der Waals surface area (Å²) in [5.74, 6) is -1.62. The maximum atomic E-state index is 11.8. The highest BCUT2D eigenvalue weighted by Gasteiger charge is 2.19. The van der Waals surface area contributed by atoms with Crippen molar-refractivity contribution in [3.05, 3.63) is 28.8 Å². The van der Waals surface area contributed by atoms with E-state index in [2.05, 4.69) is 5.32 Å². The monoisotopic (exact) mass is 270 g/mol. The van der Waals surface area contributed by atoms with Crippen LogP contribution in [-0.4, -0.2) is 23.0 Å². The third-order valence-corrected chi connectivity index (χ3v) is 2.73. The van der Waals surface area contributed by atoms with Gasteiger partial charge in [0.05, 0.1) is 17.3 Å². The molecule has 0 aliphatic carbocycles. The Morgan fingerprint density at radius 2 is 2.00 bits per heavy atom. The number of amides is 1. The summed E-state index contributed by atoms with van der Waals surface area (Å²) in [7, 11) is 0. The molecule has 1 aromatic carbocycles. The predicted molar refractivity (Wildman–Crippen MR) is 69.9 cm³/mol. The quantitative estimate of drug-likeness (QED) is 0.780. The molecule has 0 fully saturated rings. The molecular formula is C12H15ClN2O3. The van der Waals surface area contributed by atoms with Crippen LogP contribution in [-0.2, 0) is 4.79 Å². The van der Waals surface area contributed by atoms with Crippen LogP contribution >= 0.6 is 11.6 Å². The van der Waals surface area contributed by atoms with Gasteiger partial charge in [0.15, 0.2) is 0 Å². The maximum absolute atomic E-state index is 11.8. The van der Waals surface area contributed by atoms with Crippen molar-refractivity contribution in [1.82, 2.24) is 0 Å². The molecule has 0 heterocycles. The van der Waals surface area contributed by atoms with Crippen molar-refractivity contribution < 1.29 is 14.7 Å². The number of rotatable bonds is 4. The van der Waals surface area contributed by atoms with E-state index in [1.165, 1.54) is 18.2 Å². The van der Waals surface area contributed by atoms with Gasteiger partial charge in [-0.05, 0) is 24.1 Å². The Morgan fingerprint density at radius 1 is 1.39 bits per heavy atom. The van der Waals surface area contributed by atoms with Crippen molar-refractivity contribution in [2.75, 3.05) is 5.32 Å². The zero-order valence-electron chi connectivity index (χ0n) is 10.1. The van der Waals surface area contributed by atoms with E-state index in [9.17, 15) is 9.59 Å². The van der Waals surface area contributed by atoms with Gasteiger partial charge in [-0.1, -0.05) is 25.4 Å². The highest BCUT2D eigenvalue weighted by atomic mass is 35.5. The molecule has 0 aliphatic rings. The van der Waals surface area contributed by atoms with Crippen molar-refractivity contribution in [2.24, 2.45) is 11.7 Å². The van der Waals surface area contributed by atoms with E-state index in [4.69, 9.17) is 22.4 Å². The SMILES string of the molecule is CC(C)[C@H](N)C(=O)Nc1ccc(Cl)cc1C(=O)O. The fourth-order valence-electron chi connectivity index (χ4n) is 1.32. The summed E-state index contributed by atoms with van der Waals surface area (Å²) in [4.78, 5) is 22.8. The van der Waals surface area contributed by atoms with Crippen molar-refractivity contribution >= 4 is 29.2 Å². The van der Waals surface area contributed by atoms with Gasteiger partial charge < -0.3 is 16.2 Å². The molecular weight excluding hydrogens is 256 g/mol. The van der Waals surface area contributed by atoms with Crippen LogP contribution in [0.3, 0.4) is 0 Å². The summed E-state index contributed by atoms with van der Waals surface area (Å²) in [5, 5.41) is 11.8. The minimum atomic E-state index is -1.16. The van der Waals surface area contributed by atoms with Gasteiger partial charge in [0.2, 0.25) is 5.91 Å². The second kappa shape index (κ2) is 5.84. The predicted octanol–water partition coefficient (Wildman–Crippen LogP) is 1.96. The highest BCUT2D eigenvalue weighted by Crippen LogP contribution is 2.21. The lowest BCUT2D eigenvalue weighted by molar-refractivity contribution is -0.118. The Morgan fingerprint density at radius 3 is 2.50 bits per heavy atom. The number of halogens is 1. The zero-order valence-corrected chi connectivity index (χ0v) is 10.9. The van der Waals surface area contributed by atoms with Crippen molar-refractivity contribution in [3.8, 4) is 0 Å². The molecule has 0 aromatic heterocycles. The third-order valence-electron chi connectivity index (χ3n) is 2.49. The number of anilines is 1. The van der Waals surface area contributed by atoms with E-state index in [1.54, 1.807) is 0 Å². The number of hydrogen-bond donors (Lipinski definition) is 3. The molecule has 1 amide bonds. The lowest BCUT2D eigenvalue weighted by Crippen LogP contribution is -2.40. The van der Waals surface area contributed by atoms with Crippen LogP contribution < -0.4 is 11.1 Å². The van der Waals surface area contributed by atoms with E-state index in [1.807, 2.05) is 13.8 Å². The summed E-state index contributed by atoms with van der Waals surface area (Å²) in [6.45, 7) is 3.62. The summed E-state index contributed by atoms with van der Waals surface area (Å²) >= 11 is 5.71. The first-order chi connectivity index (χ1) is 8.32. The number of nitrogens with two attached hydrogens (primary N) is 1. The molecule has 0 unspecified atom stereocenters. The number of carbonyl (C=O) groups is 2. The van der Waals surface area contributed by atoms with Gasteiger partial charge in [-0.3, -0.25) is 4.79 Å². The van der Waals surface area contributed by atoms with Crippen LogP contribution in [0.1, 0.15) is 24.2 Å². The molecule has 98 valence electrons. The topological polar surface area (TPSA) is 92.4 Å². The maximum Gasteiger partial charge on any atom is 0.337 e. The second-order valence-corrected chi connectivity index (χ2v) is 4.69. The summed E-state index contributed by atoms with van der Waals surface area (Å²) in [6.07, 6.45) is 0. The average molecular weight is 271 g/mol. The number of carbonyl (C=O) groups excluding carboxylic acids is 1. The van der Waals surface area contributed by atoms with Gasteiger partial charge in [-0.25, -0.2) is 4.79 Å². The van der Waals surface area contributed by atoms with E-state index >= 15 is 0 Å². The first kappa shape index (κ1) is 14.5. The van der Waals surface area contributed by atoms with Crippen LogP contribution in [0, 0.1) is 5.92 Å². The fraction of sp³-hybridized carbons (Fsp3) is 0.333. The zero-order chi connectivity index (χ0) is 13.9. The number of carboxylic acids is 1. The van der Waals surface area contributed by atoms with Gasteiger partial charge in [0.25, 0.3) is 0 Å². The largest absolute Gasteiger partial charge is 0.478 e. The van der Waals surface area contributed by atoms with Gasteiger partial charge in [0, 0.05) is 5.02 Å². The molecule has 0 saturated carbocycles. The number of aromatic carboxylic acids is 1. The Balaban J connectivity index is 2.98. The van der Waals surface area contributed by atoms with Crippen LogP contribution in [0.4, 0.5) is 5.69 Å². The summed E-state index contributed by atoms with van der Waals surface area (Å²) in [6, 6.07) is 3.53. The van der Waals surface area contributed by atoms with Crippen LogP contribution in [0.15, 0.2) is 18.2 Å². The fourth-order valence-corrected chi connectivity index (χ4v) is 1.49. The smallest absolute Gasteiger partial charge is 0.337 e. The molecule has 1 atom stereocenters. The van der Waals surface area contributed by atoms with Gasteiger partial charge in [0.1, 0.15) is 0 Å². The molecule has 4 N–H and O–H groups in total. The molecule has 0 radical (unpaired) electrons. The number of hydrogen-bond acceptors (Lipinski definition) is 3. The minimum Gasteiger partial charge on any atom is -0.478 e. The van der Waals surface area contributed by atoms with Gasteiger partial charge in [-0.15, -0.1) is 0 Å². The van der Waals surface area contributed by atoms with Crippen LogP contribution in [0.5, 0.6) is 0 Å². The van der Waals surface area contributed by atoms with E-state index in [-0.39, 0.29) is 17.2 Å².